The molecule has 0 spiro atoms. The molecule has 0 aromatic rings. The Bertz CT molecular complexity index is 130. The average Bonchev–Trinajstić information content (AvgIpc) is 2.05. The first-order valence-electron chi connectivity index (χ1n) is 4.64. The zero-order valence-electron chi connectivity index (χ0n) is 8.01. The Labute approximate surface area is 74.2 Å². The van der Waals surface area contributed by atoms with Gasteiger partial charge in [0.25, 0.3) is 0 Å². The molecule has 0 bridgehead atoms. The summed E-state index contributed by atoms with van der Waals surface area (Å²) >= 11 is 0. The molecule has 3 nitrogen and oxygen atoms in total. The van der Waals surface area contributed by atoms with E-state index in [1.54, 1.807) is 0 Å². The lowest BCUT2D eigenvalue weighted by molar-refractivity contribution is -0.144. The largest absolute Gasteiger partial charge is 0.378 e. The molecule has 1 atom stereocenters. The van der Waals surface area contributed by atoms with E-state index in [2.05, 4.69) is 0 Å². The lowest BCUT2D eigenvalue weighted by atomic mass is 9.96. The van der Waals surface area contributed by atoms with E-state index in [4.69, 9.17) is 15.2 Å². The monoisotopic (exact) mass is 173 g/mol. The van der Waals surface area contributed by atoms with E-state index < -0.39 is 0 Å². The molecule has 1 saturated heterocycles. The number of hydrogen-bond donors (Lipinski definition) is 1. The van der Waals surface area contributed by atoms with Crippen molar-refractivity contribution in [1.29, 1.82) is 0 Å². The van der Waals surface area contributed by atoms with Gasteiger partial charge in [0, 0.05) is 13.2 Å². The van der Waals surface area contributed by atoms with Gasteiger partial charge in [0.1, 0.15) is 5.60 Å². The molecular weight excluding hydrogens is 154 g/mol. The second-order valence-electron chi connectivity index (χ2n) is 3.71. The van der Waals surface area contributed by atoms with Crippen LogP contribution < -0.4 is 5.73 Å². The van der Waals surface area contributed by atoms with Crippen LogP contribution in [0, 0.1) is 0 Å². The summed E-state index contributed by atoms with van der Waals surface area (Å²) in [4.78, 5) is 0. The summed E-state index contributed by atoms with van der Waals surface area (Å²) in [6.45, 7) is 6.13. The summed E-state index contributed by atoms with van der Waals surface area (Å²) in [5, 5.41) is 0. The topological polar surface area (TPSA) is 44.5 Å². The minimum atomic E-state index is -0.202. The van der Waals surface area contributed by atoms with E-state index in [0.29, 0.717) is 13.2 Å². The average molecular weight is 173 g/mol. The molecule has 12 heavy (non-hydrogen) atoms. The number of ether oxygens (including phenoxy) is 2. The molecule has 1 aliphatic rings. The van der Waals surface area contributed by atoms with Crippen LogP contribution in [0.4, 0.5) is 0 Å². The highest BCUT2D eigenvalue weighted by Crippen LogP contribution is 2.23. The van der Waals surface area contributed by atoms with Crippen molar-refractivity contribution in [3.63, 3.8) is 0 Å². The van der Waals surface area contributed by atoms with Gasteiger partial charge in [-0.15, -0.1) is 0 Å². The molecule has 2 N–H and O–H groups in total. The zero-order valence-corrected chi connectivity index (χ0v) is 8.01. The number of rotatable bonds is 3. The van der Waals surface area contributed by atoms with Crippen molar-refractivity contribution in [2.75, 3.05) is 19.8 Å². The lowest BCUT2D eigenvalue weighted by Crippen LogP contribution is -2.49. The van der Waals surface area contributed by atoms with Gasteiger partial charge in [-0.1, -0.05) is 0 Å². The van der Waals surface area contributed by atoms with Crippen LogP contribution in [0.25, 0.3) is 0 Å². The molecule has 0 aromatic carbocycles. The molecule has 1 fully saturated rings. The number of nitrogens with two attached hydrogens (primary N) is 1. The summed E-state index contributed by atoms with van der Waals surface area (Å²) < 4.78 is 11.2. The molecule has 0 aromatic heterocycles. The summed E-state index contributed by atoms with van der Waals surface area (Å²) in [6, 6.07) is 0. The van der Waals surface area contributed by atoms with Gasteiger partial charge in [0.2, 0.25) is 0 Å². The summed E-state index contributed by atoms with van der Waals surface area (Å²) in [6.07, 6.45) is 2.32. The van der Waals surface area contributed by atoms with Crippen LogP contribution in [0.1, 0.15) is 26.7 Å². The Balaban J connectivity index is 2.48. The van der Waals surface area contributed by atoms with E-state index >= 15 is 0 Å². The van der Waals surface area contributed by atoms with Crippen molar-refractivity contribution >= 4 is 0 Å². The molecule has 0 saturated carbocycles. The van der Waals surface area contributed by atoms with Crippen LogP contribution in [0.15, 0.2) is 0 Å². The normalized spacial score (nSPS) is 31.0. The fraction of sp³-hybridized carbons (Fsp3) is 1.00. The van der Waals surface area contributed by atoms with E-state index in [0.717, 1.165) is 19.4 Å². The van der Waals surface area contributed by atoms with E-state index in [1.165, 1.54) is 0 Å². The maximum Gasteiger partial charge on any atom is 0.104 e. The lowest BCUT2D eigenvalue weighted by Gasteiger charge is -2.37. The second kappa shape index (κ2) is 4.21. The highest BCUT2D eigenvalue weighted by molar-refractivity contribution is 4.85. The van der Waals surface area contributed by atoms with Gasteiger partial charge in [-0.3, -0.25) is 0 Å². The Morgan fingerprint density at radius 3 is 2.75 bits per heavy atom. The molecule has 1 aliphatic heterocycles. The van der Waals surface area contributed by atoms with Crippen LogP contribution in [-0.2, 0) is 9.47 Å². The van der Waals surface area contributed by atoms with Crippen molar-refractivity contribution in [1.82, 2.24) is 0 Å². The van der Waals surface area contributed by atoms with Crippen LogP contribution in [-0.4, -0.2) is 31.5 Å². The third kappa shape index (κ3) is 2.44. The van der Waals surface area contributed by atoms with Crippen LogP contribution in [0.5, 0.6) is 0 Å². The third-order valence-electron chi connectivity index (χ3n) is 2.14. The first-order valence-corrected chi connectivity index (χ1v) is 4.64. The predicted octanol–water partition coefficient (Wildman–Crippen LogP) is 0.919. The molecule has 0 aliphatic carbocycles. The van der Waals surface area contributed by atoms with Crippen molar-refractivity contribution < 1.29 is 9.47 Å². The third-order valence-corrected chi connectivity index (χ3v) is 2.14. The highest BCUT2D eigenvalue weighted by atomic mass is 16.6. The SMILES string of the molecule is CC(C)OC1(CN)CCCOC1. The molecule has 1 unspecified atom stereocenters. The van der Waals surface area contributed by atoms with E-state index in [-0.39, 0.29) is 11.7 Å². The molecule has 3 heteroatoms. The quantitative estimate of drug-likeness (QED) is 0.690. The van der Waals surface area contributed by atoms with E-state index in [9.17, 15) is 0 Å². The van der Waals surface area contributed by atoms with Crippen molar-refractivity contribution in [2.45, 2.75) is 38.4 Å². The van der Waals surface area contributed by atoms with Crippen LogP contribution in [0.3, 0.4) is 0 Å². The van der Waals surface area contributed by atoms with Gasteiger partial charge < -0.3 is 15.2 Å². The second-order valence-corrected chi connectivity index (χ2v) is 3.71. The highest BCUT2D eigenvalue weighted by Gasteiger charge is 2.33. The molecule has 1 rings (SSSR count). The maximum absolute atomic E-state index is 5.78. The van der Waals surface area contributed by atoms with E-state index in [1.807, 2.05) is 13.8 Å². The summed E-state index contributed by atoms with van der Waals surface area (Å²) in [5.41, 5.74) is 5.48. The number of hydrogen-bond acceptors (Lipinski definition) is 3. The smallest absolute Gasteiger partial charge is 0.104 e. The fourth-order valence-corrected chi connectivity index (χ4v) is 1.63. The minimum Gasteiger partial charge on any atom is -0.378 e. The standard InChI is InChI=1S/C9H19NO2/c1-8(2)12-9(6-10)4-3-5-11-7-9/h8H,3-7,10H2,1-2H3. The van der Waals surface area contributed by atoms with Gasteiger partial charge in [-0.25, -0.2) is 0 Å². The fourth-order valence-electron chi connectivity index (χ4n) is 1.63. The van der Waals surface area contributed by atoms with Gasteiger partial charge in [-0.05, 0) is 26.7 Å². The molecule has 1 heterocycles. The summed E-state index contributed by atoms with van der Waals surface area (Å²) in [5.74, 6) is 0. The van der Waals surface area contributed by atoms with Gasteiger partial charge in [0.15, 0.2) is 0 Å². The van der Waals surface area contributed by atoms with Gasteiger partial charge in [-0.2, -0.15) is 0 Å². The Morgan fingerprint density at radius 2 is 2.33 bits per heavy atom. The molecule has 0 amide bonds. The van der Waals surface area contributed by atoms with Crippen LogP contribution in [0.2, 0.25) is 0 Å². The Hall–Kier alpha value is -0.120. The van der Waals surface area contributed by atoms with Crippen molar-refractivity contribution in [3.8, 4) is 0 Å². The summed E-state index contributed by atoms with van der Waals surface area (Å²) in [7, 11) is 0. The van der Waals surface area contributed by atoms with Crippen molar-refractivity contribution in [3.05, 3.63) is 0 Å². The van der Waals surface area contributed by atoms with Crippen LogP contribution >= 0.6 is 0 Å². The Kier molecular flexibility index (Phi) is 3.50. The molecule has 72 valence electrons. The van der Waals surface area contributed by atoms with Crippen molar-refractivity contribution in [2.24, 2.45) is 5.73 Å². The van der Waals surface area contributed by atoms with Gasteiger partial charge in [0.05, 0.1) is 12.7 Å². The molecule has 0 radical (unpaired) electrons. The zero-order chi connectivity index (χ0) is 9.03. The maximum atomic E-state index is 5.78. The van der Waals surface area contributed by atoms with Gasteiger partial charge >= 0.3 is 0 Å². The minimum absolute atomic E-state index is 0.202. The first-order chi connectivity index (χ1) is 5.68. The molecular formula is C9H19NO2. The first kappa shape index (κ1) is 9.96. The Morgan fingerprint density at radius 1 is 1.58 bits per heavy atom. The predicted molar refractivity (Wildman–Crippen MR) is 48.1 cm³/mol.